The summed E-state index contributed by atoms with van der Waals surface area (Å²) in [5, 5.41) is 2.90. The van der Waals surface area contributed by atoms with Crippen LogP contribution in [0.3, 0.4) is 0 Å². The Morgan fingerprint density at radius 1 is 1.00 bits per heavy atom. The van der Waals surface area contributed by atoms with Crippen molar-refractivity contribution < 1.29 is 9.59 Å². The third-order valence-electron chi connectivity index (χ3n) is 4.66. The van der Waals surface area contributed by atoms with Gasteiger partial charge in [-0.25, -0.2) is 0 Å². The van der Waals surface area contributed by atoms with E-state index >= 15 is 0 Å². The maximum absolute atomic E-state index is 13.0. The summed E-state index contributed by atoms with van der Waals surface area (Å²) < 4.78 is 0. The van der Waals surface area contributed by atoms with Gasteiger partial charge in [-0.1, -0.05) is 67.1 Å². The van der Waals surface area contributed by atoms with E-state index in [1.165, 1.54) is 5.56 Å². The number of hydrogen-bond donors (Lipinski definition) is 1. The molecule has 0 aromatic heterocycles. The van der Waals surface area contributed by atoms with Crippen molar-refractivity contribution in [3.63, 3.8) is 0 Å². The molecule has 0 spiro atoms. The molecule has 0 saturated carbocycles. The Kier molecular flexibility index (Phi) is 8.05. The van der Waals surface area contributed by atoms with Crippen molar-refractivity contribution in [2.45, 2.75) is 52.6 Å². The summed E-state index contributed by atoms with van der Waals surface area (Å²) >= 11 is 0. The molecule has 1 atom stereocenters. The first-order chi connectivity index (χ1) is 13.0. The van der Waals surface area contributed by atoms with Crippen LogP contribution in [-0.4, -0.2) is 29.3 Å². The summed E-state index contributed by atoms with van der Waals surface area (Å²) in [5.41, 5.74) is 3.34. The van der Waals surface area contributed by atoms with Crippen LogP contribution in [0.2, 0.25) is 0 Å². The van der Waals surface area contributed by atoms with Gasteiger partial charge in [0.2, 0.25) is 11.8 Å². The van der Waals surface area contributed by atoms with Crippen molar-refractivity contribution in [2.75, 3.05) is 6.54 Å². The standard InChI is InChI=1S/C23H30N2O2/c1-4-16-24-23(27)19(3)25(17-21-12-10-18(2)11-13-21)22(26)15-14-20-8-6-5-7-9-20/h5-13,19H,4,14-17H2,1-3H3,(H,24,27)/t19-/m1/s1. The summed E-state index contributed by atoms with van der Waals surface area (Å²) in [7, 11) is 0. The molecule has 0 heterocycles. The number of hydrogen-bond acceptors (Lipinski definition) is 2. The quantitative estimate of drug-likeness (QED) is 0.732. The Balaban J connectivity index is 2.10. The van der Waals surface area contributed by atoms with Crippen LogP contribution in [0.5, 0.6) is 0 Å². The number of carbonyl (C=O) groups is 2. The van der Waals surface area contributed by atoms with Crippen molar-refractivity contribution in [2.24, 2.45) is 0 Å². The molecule has 0 unspecified atom stereocenters. The Bertz CT molecular complexity index is 726. The predicted molar refractivity (Wildman–Crippen MR) is 109 cm³/mol. The molecule has 0 aliphatic rings. The molecule has 2 amide bonds. The Morgan fingerprint density at radius 3 is 2.30 bits per heavy atom. The number of carbonyl (C=O) groups excluding carboxylic acids is 2. The molecule has 0 aliphatic heterocycles. The van der Waals surface area contributed by atoms with E-state index in [1.54, 1.807) is 11.8 Å². The largest absolute Gasteiger partial charge is 0.354 e. The number of nitrogens with one attached hydrogen (secondary N) is 1. The number of aryl methyl sites for hydroxylation is 2. The summed E-state index contributed by atoms with van der Waals surface area (Å²) in [6.07, 6.45) is 1.94. The summed E-state index contributed by atoms with van der Waals surface area (Å²) in [6, 6.07) is 17.6. The Hall–Kier alpha value is -2.62. The van der Waals surface area contributed by atoms with E-state index < -0.39 is 6.04 Å². The van der Waals surface area contributed by atoms with E-state index in [-0.39, 0.29) is 11.8 Å². The lowest BCUT2D eigenvalue weighted by molar-refractivity contribution is -0.140. The van der Waals surface area contributed by atoms with Crippen LogP contribution >= 0.6 is 0 Å². The van der Waals surface area contributed by atoms with Gasteiger partial charge in [-0.05, 0) is 37.8 Å². The first-order valence-electron chi connectivity index (χ1n) is 9.68. The van der Waals surface area contributed by atoms with Gasteiger partial charge in [0.25, 0.3) is 0 Å². The lowest BCUT2D eigenvalue weighted by Crippen LogP contribution is -2.47. The zero-order chi connectivity index (χ0) is 19.6. The highest BCUT2D eigenvalue weighted by molar-refractivity contribution is 5.87. The molecule has 2 aromatic rings. The molecule has 2 rings (SSSR count). The highest BCUT2D eigenvalue weighted by Crippen LogP contribution is 2.13. The van der Waals surface area contributed by atoms with Crippen LogP contribution in [-0.2, 0) is 22.6 Å². The van der Waals surface area contributed by atoms with E-state index in [1.807, 2.05) is 68.4 Å². The van der Waals surface area contributed by atoms with Gasteiger partial charge in [-0.3, -0.25) is 9.59 Å². The lowest BCUT2D eigenvalue weighted by atomic mass is 10.1. The smallest absolute Gasteiger partial charge is 0.242 e. The Morgan fingerprint density at radius 2 is 1.67 bits per heavy atom. The van der Waals surface area contributed by atoms with E-state index in [0.29, 0.717) is 25.9 Å². The fraction of sp³-hybridized carbons (Fsp3) is 0.391. The number of benzene rings is 2. The molecular formula is C23H30N2O2. The normalized spacial score (nSPS) is 11.7. The molecule has 4 nitrogen and oxygen atoms in total. The minimum atomic E-state index is -0.499. The van der Waals surface area contributed by atoms with Crippen LogP contribution in [0.4, 0.5) is 0 Å². The average Bonchev–Trinajstić information content (AvgIpc) is 2.70. The SMILES string of the molecule is CCCNC(=O)[C@@H](C)N(Cc1ccc(C)cc1)C(=O)CCc1ccccc1. The second-order valence-corrected chi connectivity index (χ2v) is 6.96. The number of nitrogens with zero attached hydrogens (tertiary/aromatic N) is 1. The molecule has 0 saturated heterocycles. The van der Waals surface area contributed by atoms with E-state index in [2.05, 4.69) is 5.32 Å². The van der Waals surface area contributed by atoms with Crippen molar-refractivity contribution in [3.8, 4) is 0 Å². The van der Waals surface area contributed by atoms with Crippen molar-refractivity contribution in [3.05, 3.63) is 71.3 Å². The van der Waals surface area contributed by atoms with Gasteiger partial charge in [-0.15, -0.1) is 0 Å². The maximum atomic E-state index is 13.0. The molecule has 0 fully saturated rings. The zero-order valence-electron chi connectivity index (χ0n) is 16.6. The van der Waals surface area contributed by atoms with Crippen LogP contribution in [0, 0.1) is 6.92 Å². The first kappa shape index (κ1) is 20.7. The zero-order valence-corrected chi connectivity index (χ0v) is 16.6. The van der Waals surface area contributed by atoms with Crippen LogP contribution < -0.4 is 5.32 Å². The molecule has 27 heavy (non-hydrogen) atoms. The predicted octanol–water partition coefficient (Wildman–Crippen LogP) is 3.87. The third-order valence-corrected chi connectivity index (χ3v) is 4.66. The average molecular weight is 367 g/mol. The van der Waals surface area contributed by atoms with Gasteiger partial charge in [0.1, 0.15) is 6.04 Å². The second kappa shape index (κ2) is 10.5. The van der Waals surface area contributed by atoms with Crippen LogP contribution in [0.15, 0.2) is 54.6 Å². The molecule has 2 aromatic carbocycles. The van der Waals surface area contributed by atoms with Gasteiger partial charge in [0.15, 0.2) is 0 Å². The summed E-state index contributed by atoms with van der Waals surface area (Å²) in [4.78, 5) is 27.1. The molecule has 4 heteroatoms. The van der Waals surface area contributed by atoms with Gasteiger partial charge < -0.3 is 10.2 Å². The molecule has 0 radical (unpaired) electrons. The fourth-order valence-electron chi connectivity index (χ4n) is 2.91. The molecule has 0 bridgehead atoms. The molecule has 0 aliphatic carbocycles. The molecule has 144 valence electrons. The van der Waals surface area contributed by atoms with Crippen molar-refractivity contribution >= 4 is 11.8 Å². The fourth-order valence-corrected chi connectivity index (χ4v) is 2.91. The van der Waals surface area contributed by atoms with Gasteiger partial charge in [0, 0.05) is 19.5 Å². The van der Waals surface area contributed by atoms with Gasteiger partial charge >= 0.3 is 0 Å². The number of rotatable bonds is 9. The van der Waals surface area contributed by atoms with E-state index in [9.17, 15) is 9.59 Å². The minimum absolute atomic E-state index is 0.00132. The highest BCUT2D eigenvalue weighted by atomic mass is 16.2. The molecule has 1 N–H and O–H groups in total. The summed E-state index contributed by atoms with van der Waals surface area (Å²) in [6.45, 7) is 6.92. The van der Waals surface area contributed by atoms with Crippen LogP contribution in [0.1, 0.15) is 43.4 Å². The highest BCUT2D eigenvalue weighted by Gasteiger charge is 2.25. The topological polar surface area (TPSA) is 49.4 Å². The van der Waals surface area contributed by atoms with E-state index in [4.69, 9.17) is 0 Å². The number of amides is 2. The van der Waals surface area contributed by atoms with Crippen molar-refractivity contribution in [1.29, 1.82) is 0 Å². The summed E-state index contributed by atoms with van der Waals surface area (Å²) in [5.74, 6) is -0.101. The van der Waals surface area contributed by atoms with E-state index in [0.717, 1.165) is 17.5 Å². The maximum Gasteiger partial charge on any atom is 0.242 e. The van der Waals surface area contributed by atoms with Crippen molar-refractivity contribution in [1.82, 2.24) is 10.2 Å². The minimum Gasteiger partial charge on any atom is -0.354 e. The third kappa shape index (κ3) is 6.55. The second-order valence-electron chi connectivity index (χ2n) is 6.96. The van der Waals surface area contributed by atoms with Crippen LogP contribution in [0.25, 0.3) is 0 Å². The Labute approximate surface area is 162 Å². The van der Waals surface area contributed by atoms with Gasteiger partial charge in [-0.2, -0.15) is 0 Å². The molecular weight excluding hydrogens is 336 g/mol. The lowest BCUT2D eigenvalue weighted by Gasteiger charge is -2.29. The monoisotopic (exact) mass is 366 g/mol. The first-order valence-corrected chi connectivity index (χ1v) is 9.68. The van der Waals surface area contributed by atoms with Gasteiger partial charge in [0.05, 0.1) is 0 Å².